The smallest absolute Gasteiger partial charge is 0.274 e. The minimum absolute atomic E-state index is 0.0518. The minimum atomic E-state index is -0.430. The number of rotatable bonds is 6. The van der Waals surface area contributed by atoms with E-state index in [-0.39, 0.29) is 17.0 Å². The van der Waals surface area contributed by atoms with Gasteiger partial charge < -0.3 is 5.32 Å². The number of carbonyl (C=O) groups is 1. The standard InChI is InChI=1S/C22H32N4O2/c1-5-26-21(28)18-12-8-7-11-17(18)19(24-26)16(2)20(27)23-15-22(3,4)25-13-9-6-10-14-25/h7-8,11-12,16H,5-6,9-10,13-15H2,1-4H3,(H,23,27)/t16-/m0/s1. The summed E-state index contributed by atoms with van der Waals surface area (Å²) in [5, 5.41) is 9.01. The number of hydrogen-bond acceptors (Lipinski definition) is 4. The van der Waals surface area contributed by atoms with Crippen LogP contribution in [-0.2, 0) is 11.3 Å². The number of aromatic nitrogens is 2. The molecule has 1 saturated heterocycles. The summed E-state index contributed by atoms with van der Waals surface area (Å²) in [5.74, 6) is -0.482. The fraction of sp³-hybridized carbons (Fsp3) is 0.591. The number of aryl methyl sites for hydroxylation is 1. The first kappa shape index (κ1) is 20.5. The lowest BCUT2D eigenvalue weighted by atomic mass is 9.97. The van der Waals surface area contributed by atoms with Crippen LogP contribution in [0.2, 0.25) is 0 Å². The molecule has 1 atom stereocenters. The molecule has 0 bridgehead atoms. The number of benzene rings is 1. The number of hydrogen-bond donors (Lipinski definition) is 1. The van der Waals surface area contributed by atoms with Crippen molar-refractivity contribution >= 4 is 16.7 Å². The molecular weight excluding hydrogens is 352 g/mol. The van der Waals surface area contributed by atoms with Gasteiger partial charge in [-0.25, -0.2) is 4.68 Å². The zero-order valence-corrected chi connectivity index (χ0v) is 17.5. The molecule has 0 saturated carbocycles. The SMILES string of the molecule is CCn1nc([C@H](C)C(=O)NCC(C)(C)N2CCCCC2)c2ccccc2c1=O. The van der Waals surface area contributed by atoms with Crippen LogP contribution in [0.15, 0.2) is 29.1 Å². The van der Waals surface area contributed by atoms with Crippen molar-refractivity contribution in [2.75, 3.05) is 19.6 Å². The number of piperidine rings is 1. The number of amides is 1. The summed E-state index contributed by atoms with van der Waals surface area (Å²) >= 11 is 0. The van der Waals surface area contributed by atoms with Gasteiger partial charge in [-0.1, -0.05) is 24.6 Å². The zero-order valence-electron chi connectivity index (χ0n) is 17.5. The van der Waals surface area contributed by atoms with Crippen molar-refractivity contribution in [3.05, 3.63) is 40.3 Å². The summed E-state index contributed by atoms with van der Waals surface area (Å²) in [6.45, 7) is 11.4. The lowest BCUT2D eigenvalue weighted by Crippen LogP contribution is -2.53. The highest BCUT2D eigenvalue weighted by atomic mass is 16.2. The predicted molar refractivity (Wildman–Crippen MR) is 113 cm³/mol. The summed E-state index contributed by atoms with van der Waals surface area (Å²) in [4.78, 5) is 27.9. The molecule has 1 aliphatic rings. The van der Waals surface area contributed by atoms with Crippen LogP contribution in [0.1, 0.15) is 58.6 Å². The molecule has 2 aromatic rings. The highest BCUT2D eigenvalue weighted by Gasteiger charge is 2.29. The third-order valence-corrected chi connectivity index (χ3v) is 5.91. The quantitative estimate of drug-likeness (QED) is 0.832. The van der Waals surface area contributed by atoms with E-state index < -0.39 is 5.92 Å². The Morgan fingerprint density at radius 2 is 1.82 bits per heavy atom. The molecule has 6 nitrogen and oxygen atoms in total. The Labute approximate surface area is 166 Å². The van der Waals surface area contributed by atoms with Gasteiger partial charge in [-0.05, 0) is 59.7 Å². The van der Waals surface area contributed by atoms with Gasteiger partial charge in [0.15, 0.2) is 0 Å². The highest BCUT2D eigenvalue weighted by Crippen LogP contribution is 2.23. The van der Waals surface area contributed by atoms with Crippen molar-refractivity contribution in [1.82, 2.24) is 20.0 Å². The lowest BCUT2D eigenvalue weighted by molar-refractivity contribution is -0.122. The Kier molecular flexibility index (Phi) is 6.18. The molecule has 1 fully saturated rings. The van der Waals surface area contributed by atoms with Crippen molar-refractivity contribution in [2.45, 2.75) is 65.0 Å². The van der Waals surface area contributed by atoms with E-state index in [0.29, 0.717) is 24.2 Å². The van der Waals surface area contributed by atoms with Crippen molar-refractivity contribution in [3.63, 3.8) is 0 Å². The van der Waals surface area contributed by atoms with E-state index in [0.717, 1.165) is 18.5 Å². The summed E-state index contributed by atoms with van der Waals surface area (Å²) < 4.78 is 1.44. The highest BCUT2D eigenvalue weighted by molar-refractivity contribution is 5.91. The Hall–Kier alpha value is -2.21. The normalized spacial score (nSPS) is 16.9. The minimum Gasteiger partial charge on any atom is -0.354 e. The molecule has 28 heavy (non-hydrogen) atoms. The molecule has 1 aromatic heterocycles. The number of nitrogens with zero attached hydrogens (tertiary/aromatic N) is 3. The Balaban J connectivity index is 1.80. The maximum Gasteiger partial charge on any atom is 0.274 e. The molecule has 2 heterocycles. The average molecular weight is 385 g/mol. The van der Waals surface area contributed by atoms with Crippen molar-refractivity contribution < 1.29 is 4.79 Å². The lowest BCUT2D eigenvalue weighted by Gasteiger charge is -2.41. The Morgan fingerprint density at radius 1 is 1.18 bits per heavy atom. The maximum absolute atomic E-state index is 12.9. The number of fused-ring (bicyclic) bond motifs is 1. The molecule has 0 unspecified atom stereocenters. The van der Waals surface area contributed by atoms with Crippen LogP contribution in [0, 0.1) is 0 Å². The van der Waals surface area contributed by atoms with E-state index in [9.17, 15) is 9.59 Å². The van der Waals surface area contributed by atoms with Crippen LogP contribution in [0.5, 0.6) is 0 Å². The fourth-order valence-electron chi connectivity index (χ4n) is 3.99. The second kappa shape index (κ2) is 8.43. The first-order valence-electron chi connectivity index (χ1n) is 10.4. The van der Waals surface area contributed by atoms with Gasteiger partial charge in [0.05, 0.1) is 17.0 Å². The van der Waals surface area contributed by atoms with Crippen LogP contribution in [0.4, 0.5) is 0 Å². The van der Waals surface area contributed by atoms with Crippen LogP contribution in [-0.4, -0.2) is 45.8 Å². The Bertz CT molecular complexity index is 897. The van der Waals surface area contributed by atoms with Gasteiger partial charge in [0.1, 0.15) is 0 Å². The largest absolute Gasteiger partial charge is 0.354 e. The van der Waals surface area contributed by atoms with Gasteiger partial charge in [0.2, 0.25) is 5.91 Å². The first-order valence-corrected chi connectivity index (χ1v) is 10.4. The van der Waals surface area contributed by atoms with Gasteiger partial charge in [0.25, 0.3) is 5.56 Å². The predicted octanol–water partition coefficient (Wildman–Crippen LogP) is 2.90. The van der Waals surface area contributed by atoms with Crippen LogP contribution >= 0.6 is 0 Å². The van der Waals surface area contributed by atoms with E-state index in [4.69, 9.17) is 0 Å². The second-order valence-electron chi connectivity index (χ2n) is 8.35. The summed E-state index contributed by atoms with van der Waals surface area (Å²) in [7, 11) is 0. The van der Waals surface area contributed by atoms with Crippen LogP contribution in [0.25, 0.3) is 10.8 Å². The molecule has 0 radical (unpaired) electrons. The van der Waals surface area contributed by atoms with Gasteiger partial charge in [0, 0.05) is 24.0 Å². The molecule has 0 aliphatic carbocycles. The van der Waals surface area contributed by atoms with E-state index >= 15 is 0 Å². The summed E-state index contributed by atoms with van der Waals surface area (Å²) in [5.41, 5.74) is 0.471. The van der Waals surface area contributed by atoms with Gasteiger partial charge >= 0.3 is 0 Å². The fourth-order valence-corrected chi connectivity index (χ4v) is 3.99. The molecular formula is C22H32N4O2. The van der Waals surface area contributed by atoms with E-state index in [2.05, 4.69) is 29.2 Å². The molecule has 6 heteroatoms. The third-order valence-electron chi connectivity index (χ3n) is 5.91. The molecule has 152 valence electrons. The van der Waals surface area contributed by atoms with Gasteiger partial charge in [-0.15, -0.1) is 0 Å². The molecule has 1 N–H and O–H groups in total. The van der Waals surface area contributed by atoms with Crippen molar-refractivity contribution in [1.29, 1.82) is 0 Å². The third kappa shape index (κ3) is 4.12. The van der Waals surface area contributed by atoms with Crippen molar-refractivity contribution in [3.8, 4) is 0 Å². The van der Waals surface area contributed by atoms with Gasteiger partial charge in [-0.2, -0.15) is 5.10 Å². The number of carbonyl (C=O) groups excluding carboxylic acids is 1. The summed E-state index contributed by atoms with van der Waals surface area (Å²) in [6, 6.07) is 7.41. The molecule has 1 aliphatic heterocycles. The monoisotopic (exact) mass is 384 g/mol. The topological polar surface area (TPSA) is 67.2 Å². The van der Waals surface area contributed by atoms with Crippen LogP contribution in [0.3, 0.4) is 0 Å². The average Bonchev–Trinajstić information content (AvgIpc) is 2.72. The number of nitrogens with one attached hydrogen (secondary N) is 1. The molecule has 1 amide bonds. The first-order chi connectivity index (χ1) is 13.3. The summed E-state index contributed by atoms with van der Waals surface area (Å²) in [6.07, 6.45) is 3.74. The molecule has 0 spiro atoms. The zero-order chi connectivity index (χ0) is 20.3. The van der Waals surface area contributed by atoms with Crippen LogP contribution < -0.4 is 10.9 Å². The maximum atomic E-state index is 12.9. The van der Waals surface area contributed by atoms with Gasteiger partial charge in [-0.3, -0.25) is 14.5 Å². The van der Waals surface area contributed by atoms with Crippen molar-refractivity contribution in [2.24, 2.45) is 0 Å². The second-order valence-corrected chi connectivity index (χ2v) is 8.35. The number of likely N-dealkylation sites (tertiary alicyclic amines) is 1. The van der Waals surface area contributed by atoms with E-state index in [1.165, 1.54) is 23.9 Å². The van der Waals surface area contributed by atoms with E-state index in [1.807, 2.05) is 32.0 Å². The molecule has 3 rings (SSSR count). The molecule has 1 aromatic carbocycles. The van der Waals surface area contributed by atoms with E-state index in [1.54, 1.807) is 6.07 Å². The Morgan fingerprint density at radius 3 is 2.46 bits per heavy atom.